The second-order valence-corrected chi connectivity index (χ2v) is 5.10. The molecule has 1 rings (SSSR count). The Labute approximate surface area is 106 Å². The van der Waals surface area contributed by atoms with Gasteiger partial charge in [0.1, 0.15) is 0 Å². The minimum atomic E-state index is 0.454. The number of hydrogen-bond donors (Lipinski definition) is 1. The molecule has 0 aliphatic rings. The van der Waals surface area contributed by atoms with Crippen molar-refractivity contribution in [1.82, 2.24) is 15.1 Å². The van der Waals surface area contributed by atoms with Crippen molar-refractivity contribution < 1.29 is 0 Å². The summed E-state index contributed by atoms with van der Waals surface area (Å²) in [5.74, 6) is 0.672. The summed E-state index contributed by atoms with van der Waals surface area (Å²) in [4.78, 5) is 0. The lowest BCUT2D eigenvalue weighted by Crippen LogP contribution is -2.34. The van der Waals surface area contributed by atoms with Gasteiger partial charge >= 0.3 is 0 Å². The summed E-state index contributed by atoms with van der Waals surface area (Å²) in [6, 6.07) is 3.17. The molecule has 0 saturated heterocycles. The fourth-order valence-electron chi connectivity index (χ4n) is 2.21. The van der Waals surface area contributed by atoms with E-state index >= 15 is 0 Å². The van der Waals surface area contributed by atoms with Crippen LogP contribution in [0, 0.1) is 5.92 Å². The fourth-order valence-corrected chi connectivity index (χ4v) is 2.21. The molecule has 0 aliphatic heterocycles. The standard InChI is InChI=1S/C14H27N3/c1-6-13(12(5)15-7-2)10-14-8-9-17(16-14)11(3)4/h8-9,11-13,15H,6-7,10H2,1-5H3. The van der Waals surface area contributed by atoms with Crippen molar-refractivity contribution in [3.8, 4) is 0 Å². The second-order valence-electron chi connectivity index (χ2n) is 5.10. The molecule has 2 unspecified atom stereocenters. The van der Waals surface area contributed by atoms with Crippen LogP contribution >= 0.6 is 0 Å². The number of nitrogens with one attached hydrogen (secondary N) is 1. The molecule has 0 aliphatic carbocycles. The highest BCUT2D eigenvalue weighted by Gasteiger charge is 2.16. The summed E-state index contributed by atoms with van der Waals surface area (Å²) >= 11 is 0. The lowest BCUT2D eigenvalue weighted by atomic mass is 9.93. The minimum absolute atomic E-state index is 0.454. The van der Waals surface area contributed by atoms with Gasteiger partial charge in [-0.15, -0.1) is 0 Å². The van der Waals surface area contributed by atoms with E-state index < -0.39 is 0 Å². The molecule has 2 atom stereocenters. The normalized spacial score (nSPS) is 15.2. The van der Waals surface area contributed by atoms with E-state index in [1.165, 1.54) is 12.1 Å². The van der Waals surface area contributed by atoms with E-state index in [1.54, 1.807) is 0 Å². The van der Waals surface area contributed by atoms with Gasteiger partial charge in [0.2, 0.25) is 0 Å². The molecule has 0 saturated carbocycles. The molecule has 17 heavy (non-hydrogen) atoms. The van der Waals surface area contributed by atoms with Crippen molar-refractivity contribution >= 4 is 0 Å². The average molecular weight is 237 g/mol. The Morgan fingerprint density at radius 1 is 1.29 bits per heavy atom. The minimum Gasteiger partial charge on any atom is -0.314 e. The van der Waals surface area contributed by atoms with Crippen LogP contribution in [-0.4, -0.2) is 22.4 Å². The summed E-state index contributed by atoms with van der Waals surface area (Å²) in [7, 11) is 0. The number of nitrogens with zero attached hydrogens (tertiary/aromatic N) is 2. The van der Waals surface area contributed by atoms with Gasteiger partial charge in [-0.25, -0.2) is 0 Å². The van der Waals surface area contributed by atoms with Gasteiger partial charge < -0.3 is 5.32 Å². The van der Waals surface area contributed by atoms with Gasteiger partial charge in [-0.05, 0) is 45.7 Å². The topological polar surface area (TPSA) is 29.9 Å². The van der Waals surface area contributed by atoms with Crippen LogP contribution in [0.5, 0.6) is 0 Å². The SMILES string of the molecule is CCNC(C)C(CC)Cc1ccn(C(C)C)n1. The van der Waals surface area contributed by atoms with Gasteiger partial charge in [0.05, 0.1) is 5.69 Å². The highest BCUT2D eigenvalue weighted by Crippen LogP contribution is 2.15. The van der Waals surface area contributed by atoms with Crippen LogP contribution in [0.4, 0.5) is 0 Å². The van der Waals surface area contributed by atoms with E-state index in [1.807, 2.05) is 4.68 Å². The Morgan fingerprint density at radius 2 is 2.00 bits per heavy atom. The number of hydrogen-bond acceptors (Lipinski definition) is 2. The van der Waals surface area contributed by atoms with Crippen LogP contribution in [0.15, 0.2) is 12.3 Å². The van der Waals surface area contributed by atoms with E-state index in [2.05, 4.69) is 57.3 Å². The van der Waals surface area contributed by atoms with E-state index in [0.717, 1.165) is 13.0 Å². The first-order valence-electron chi connectivity index (χ1n) is 6.85. The summed E-state index contributed by atoms with van der Waals surface area (Å²) in [5.41, 5.74) is 1.22. The predicted octanol–water partition coefficient (Wildman–Crippen LogP) is 3.03. The average Bonchev–Trinajstić information content (AvgIpc) is 2.74. The maximum atomic E-state index is 4.63. The zero-order valence-corrected chi connectivity index (χ0v) is 11.9. The van der Waals surface area contributed by atoms with Crippen LogP contribution in [0.2, 0.25) is 0 Å². The van der Waals surface area contributed by atoms with Gasteiger partial charge in [0.15, 0.2) is 0 Å². The smallest absolute Gasteiger partial charge is 0.0628 e. The number of rotatable bonds is 7. The van der Waals surface area contributed by atoms with Crippen LogP contribution in [0.1, 0.15) is 52.8 Å². The zero-order chi connectivity index (χ0) is 12.8. The van der Waals surface area contributed by atoms with Crippen molar-refractivity contribution in [1.29, 1.82) is 0 Å². The molecule has 0 amide bonds. The highest BCUT2D eigenvalue weighted by atomic mass is 15.3. The Bertz CT molecular complexity index is 317. The van der Waals surface area contributed by atoms with Crippen LogP contribution in [0.3, 0.4) is 0 Å². The van der Waals surface area contributed by atoms with Crippen molar-refractivity contribution in [3.63, 3.8) is 0 Å². The zero-order valence-electron chi connectivity index (χ0n) is 11.9. The van der Waals surface area contributed by atoms with Gasteiger partial charge in [0.25, 0.3) is 0 Å². The first kappa shape index (κ1) is 14.2. The molecule has 1 N–H and O–H groups in total. The van der Waals surface area contributed by atoms with Crippen LogP contribution in [0.25, 0.3) is 0 Å². The summed E-state index contributed by atoms with van der Waals surface area (Å²) in [5, 5.41) is 8.14. The largest absolute Gasteiger partial charge is 0.314 e. The first-order chi connectivity index (χ1) is 8.08. The van der Waals surface area contributed by atoms with Crippen LogP contribution in [-0.2, 0) is 6.42 Å². The third kappa shape index (κ3) is 4.15. The van der Waals surface area contributed by atoms with Gasteiger partial charge in [-0.2, -0.15) is 5.10 Å². The Hall–Kier alpha value is -0.830. The summed E-state index contributed by atoms with van der Waals surface area (Å²) in [6.45, 7) is 12.1. The molecule has 3 heteroatoms. The molecule has 1 heterocycles. The first-order valence-corrected chi connectivity index (χ1v) is 6.85. The monoisotopic (exact) mass is 237 g/mol. The van der Waals surface area contributed by atoms with E-state index in [0.29, 0.717) is 18.0 Å². The van der Waals surface area contributed by atoms with Crippen molar-refractivity contribution in [2.45, 2.75) is 59.5 Å². The molecule has 0 fully saturated rings. The highest BCUT2D eigenvalue weighted by molar-refractivity contribution is 5.01. The summed E-state index contributed by atoms with van der Waals surface area (Å²) in [6.07, 6.45) is 4.36. The predicted molar refractivity (Wildman–Crippen MR) is 73.2 cm³/mol. The molecular weight excluding hydrogens is 210 g/mol. The third-order valence-electron chi connectivity index (χ3n) is 3.42. The molecule has 0 bridgehead atoms. The van der Waals surface area contributed by atoms with Gasteiger partial charge in [0, 0.05) is 18.3 Å². The maximum absolute atomic E-state index is 4.63. The van der Waals surface area contributed by atoms with E-state index in [-0.39, 0.29) is 0 Å². The second kappa shape index (κ2) is 6.80. The quantitative estimate of drug-likeness (QED) is 0.790. The lowest BCUT2D eigenvalue weighted by Gasteiger charge is -2.22. The van der Waals surface area contributed by atoms with Crippen LogP contribution < -0.4 is 5.32 Å². The molecule has 0 spiro atoms. The molecule has 0 aromatic carbocycles. The summed E-state index contributed by atoms with van der Waals surface area (Å²) < 4.78 is 2.04. The van der Waals surface area contributed by atoms with Gasteiger partial charge in [-0.1, -0.05) is 20.3 Å². The molecule has 3 nitrogen and oxygen atoms in total. The molecule has 1 aromatic heterocycles. The van der Waals surface area contributed by atoms with E-state index in [9.17, 15) is 0 Å². The Balaban J connectivity index is 2.60. The molecular formula is C14H27N3. The maximum Gasteiger partial charge on any atom is 0.0628 e. The Kier molecular flexibility index (Phi) is 5.69. The van der Waals surface area contributed by atoms with Crippen molar-refractivity contribution in [3.05, 3.63) is 18.0 Å². The fraction of sp³-hybridized carbons (Fsp3) is 0.786. The van der Waals surface area contributed by atoms with Gasteiger partial charge in [-0.3, -0.25) is 4.68 Å². The third-order valence-corrected chi connectivity index (χ3v) is 3.42. The van der Waals surface area contributed by atoms with Crippen molar-refractivity contribution in [2.75, 3.05) is 6.54 Å². The number of aromatic nitrogens is 2. The molecule has 1 aromatic rings. The Morgan fingerprint density at radius 3 is 2.47 bits per heavy atom. The van der Waals surface area contributed by atoms with Crippen molar-refractivity contribution in [2.24, 2.45) is 5.92 Å². The molecule has 0 radical (unpaired) electrons. The van der Waals surface area contributed by atoms with E-state index in [4.69, 9.17) is 0 Å². The lowest BCUT2D eigenvalue weighted by molar-refractivity contribution is 0.363. The molecule has 98 valence electrons.